The van der Waals surface area contributed by atoms with Crippen molar-refractivity contribution in [2.24, 2.45) is 11.8 Å². The third-order valence-electron chi connectivity index (χ3n) is 2.45. The molecule has 1 aromatic rings. The van der Waals surface area contributed by atoms with Crippen molar-refractivity contribution < 1.29 is 4.79 Å². The highest BCUT2D eigenvalue weighted by Gasteiger charge is 2.11. The van der Waals surface area contributed by atoms with Gasteiger partial charge in [0.25, 0.3) is 5.91 Å². The number of carbonyl (C=O) groups is 1. The summed E-state index contributed by atoms with van der Waals surface area (Å²) in [4.78, 5) is 16.0. The number of nitrogen functional groups attached to an aromatic ring is 1. The molecule has 0 atom stereocenters. The van der Waals surface area contributed by atoms with Gasteiger partial charge in [-0.15, -0.1) is 0 Å². The lowest BCUT2D eigenvalue weighted by Gasteiger charge is -2.10. The lowest BCUT2D eigenvalue weighted by atomic mass is 10.1. The van der Waals surface area contributed by atoms with E-state index in [2.05, 4.69) is 29.6 Å². The molecule has 4 N–H and O–H groups in total. The summed E-state index contributed by atoms with van der Waals surface area (Å²) in [7, 11) is 0. The van der Waals surface area contributed by atoms with E-state index in [1.54, 1.807) is 6.07 Å². The lowest BCUT2D eigenvalue weighted by molar-refractivity contribution is 0.0952. The molecule has 5 heteroatoms. The van der Waals surface area contributed by atoms with Crippen LogP contribution in [0.5, 0.6) is 0 Å². The first-order chi connectivity index (χ1) is 8.04. The summed E-state index contributed by atoms with van der Waals surface area (Å²) in [5.41, 5.74) is 4.40. The molecule has 0 radical (unpaired) electrons. The number of pyridine rings is 1. The molecule has 0 unspecified atom stereocenters. The van der Waals surface area contributed by atoms with Crippen molar-refractivity contribution in [3.63, 3.8) is 0 Å². The zero-order valence-electron chi connectivity index (χ0n) is 10.6. The van der Waals surface area contributed by atoms with E-state index >= 15 is 0 Å². The molecule has 0 fully saturated rings. The second-order valence-electron chi connectivity index (χ2n) is 4.45. The molecule has 0 aliphatic carbocycles. The average Bonchev–Trinajstić information content (AvgIpc) is 2.28. The van der Waals surface area contributed by atoms with Gasteiger partial charge in [0.1, 0.15) is 0 Å². The van der Waals surface area contributed by atoms with Gasteiger partial charge >= 0.3 is 0 Å². The largest absolute Gasteiger partial charge is 0.352 e. The van der Waals surface area contributed by atoms with Crippen molar-refractivity contribution >= 4 is 11.6 Å². The maximum absolute atomic E-state index is 11.9. The quantitative estimate of drug-likeness (QED) is 0.534. The van der Waals surface area contributed by atoms with E-state index in [1.165, 1.54) is 6.20 Å². The van der Waals surface area contributed by atoms with Gasteiger partial charge < -0.3 is 10.7 Å². The van der Waals surface area contributed by atoms with Gasteiger partial charge in [-0.25, -0.2) is 0 Å². The molecular weight excluding hydrogens is 216 g/mol. The predicted octanol–water partition coefficient (Wildman–Crippen LogP) is 1.45. The monoisotopic (exact) mass is 236 g/mol. The highest BCUT2D eigenvalue weighted by atomic mass is 16.1. The number of carbonyl (C=O) groups excluding carboxylic acids is 1. The Balaban J connectivity index is 2.68. The smallest absolute Gasteiger partial charge is 0.255 e. The van der Waals surface area contributed by atoms with Crippen LogP contribution in [0.4, 0.5) is 5.69 Å². The Bertz CT molecular complexity index is 390. The Morgan fingerprint density at radius 3 is 2.82 bits per heavy atom. The van der Waals surface area contributed by atoms with Crippen LogP contribution in [-0.4, -0.2) is 17.4 Å². The second kappa shape index (κ2) is 6.20. The van der Waals surface area contributed by atoms with E-state index < -0.39 is 0 Å². The number of rotatable bonds is 5. The summed E-state index contributed by atoms with van der Waals surface area (Å²) in [6.45, 7) is 6.74. The zero-order valence-corrected chi connectivity index (χ0v) is 10.6. The molecule has 1 amide bonds. The standard InChI is InChI=1S/C12H20N4O/c1-8(2)4-5-14-12(17)10-7-15-9(3)6-11(10)16-13/h6-8H,4-5,13H2,1-3H3,(H,14,17)(H,15,16). The van der Waals surface area contributed by atoms with Gasteiger partial charge in [0.05, 0.1) is 11.3 Å². The number of hydrazine groups is 1. The fourth-order valence-corrected chi connectivity index (χ4v) is 1.43. The maximum atomic E-state index is 11.9. The van der Waals surface area contributed by atoms with Crippen LogP contribution in [0.15, 0.2) is 12.3 Å². The number of nitrogens with two attached hydrogens (primary N) is 1. The molecule has 0 aromatic carbocycles. The first kappa shape index (κ1) is 13.4. The van der Waals surface area contributed by atoms with Crippen LogP contribution in [0, 0.1) is 12.8 Å². The van der Waals surface area contributed by atoms with E-state index in [1.807, 2.05) is 6.92 Å². The summed E-state index contributed by atoms with van der Waals surface area (Å²) in [6, 6.07) is 1.75. The van der Waals surface area contributed by atoms with Crippen molar-refractivity contribution in [1.82, 2.24) is 10.3 Å². The van der Waals surface area contributed by atoms with Crippen LogP contribution >= 0.6 is 0 Å². The summed E-state index contributed by atoms with van der Waals surface area (Å²) < 4.78 is 0. The number of amides is 1. The number of hydrogen-bond donors (Lipinski definition) is 3. The molecule has 5 nitrogen and oxygen atoms in total. The topological polar surface area (TPSA) is 80.0 Å². The zero-order chi connectivity index (χ0) is 12.8. The number of hydrogen-bond acceptors (Lipinski definition) is 4. The second-order valence-corrected chi connectivity index (χ2v) is 4.45. The highest BCUT2D eigenvalue weighted by Crippen LogP contribution is 2.14. The minimum absolute atomic E-state index is 0.147. The van der Waals surface area contributed by atoms with Gasteiger partial charge in [-0.3, -0.25) is 15.6 Å². The number of nitrogens with one attached hydrogen (secondary N) is 2. The number of nitrogens with zero attached hydrogens (tertiary/aromatic N) is 1. The first-order valence-corrected chi connectivity index (χ1v) is 5.76. The fraction of sp³-hybridized carbons (Fsp3) is 0.500. The third-order valence-corrected chi connectivity index (χ3v) is 2.45. The van der Waals surface area contributed by atoms with Gasteiger partial charge in [0.2, 0.25) is 0 Å². The van der Waals surface area contributed by atoms with Gasteiger partial charge in [0.15, 0.2) is 0 Å². The summed E-state index contributed by atoms with van der Waals surface area (Å²) in [5.74, 6) is 5.80. The van der Waals surface area contributed by atoms with E-state index in [4.69, 9.17) is 5.84 Å². The maximum Gasteiger partial charge on any atom is 0.255 e. The van der Waals surface area contributed by atoms with Gasteiger partial charge in [-0.1, -0.05) is 13.8 Å². The summed E-state index contributed by atoms with van der Waals surface area (Å²) in [6.07, 6.45) is 2.49. The van der Waals surface area contributed by atoms with Crippen molar-refractivity contribution in [2.75, 3.05) is 12.0 Å². The van der Waals surface area contributed by atoms with Crippen LogP contribution in [0.3, 0.4) is 0 Å². The van der Waals surface area contributed by atoms with Gasteiger partial charge in [-0.05, 0) is 25.3 Å². The lowest BCUT2D eigenvalue weighted by Crippen LogP contribution is -2.27. The molecule has 1 rings (SSSR count). The van der Waals surface area contributed by atoms with E-state index in [-0.39, 0.29) is 5.91 Å². The minimum Gasteiger partial charge on any atom is -0.352 e. The third kappa shape index (κ3) is 4.03. The highest BCUT2D eigenvalue weighted by molar-refractivity contribution is 5.99. The van der Waals surface area contributed by atoms with Crippen LogP contribution < -0.4 is 16.6 Å². The molecular formula is C12H20N4O. The molecule has 0 bridgehead atoms. The Kier molecular flexibility index (Phi) is 4.90. The Labute approximate surface area is 102 Å². The number of aromatic nitrogens is 1. The van der Waals surface area contributed by atoms with E-state index in [0.29, 0.717) is 23.7 Å². The minimum atomic E-state index is -0.147. The fourth-order valence-electron chi connectivity index (χ4n) is 1.43. The Morgan fingerprint density at radius 1 is 1.53 bits per heavy atom. The van der Waals surface area contributed by atoms with Crippen molar-refractivity contribution in [3.8, 4) is 0 Å². The van der Waals surface area contributed by atoms with Gasteiger partial charge in [0, 0.05) is 18.4 Å². The summed E-state index contributed by atoms with van der Waals surface area (Å²) in [5, 5.41) is 2.85. The molecule has 94 valence electrons. The molecule has 17 heavy (non-hydrogen) atoms. The van der Waals surface area contributed by atoms with Crippen LogP contribution in [0.1, 0.15) is 36.3 Å². The molecule has 0 saturated heterocycles. The van der Waals surface area contributed by atoms with Crippen LogP contribution in [-0.2, 0) is 0 Å². The van der Waals surface area contributed by atoms with Crippen LogP contribution in [0.2, 0.25) is 0 Å². The van der Waals surface area contributed by atoms with E-state index in [0.717, 1.165) is 12.1 Å². The molecule has 1 aromatic heterocycles. The van der Waals surface area contributed by atoms with Crippen molar-refractivity contribution in [3.05, 3.63) is 23.5 Å². The van der Waals surface area contributed by atoms with Gasteiger partial charge in [-0.2, -0.15) is 0 Å². The average molecular weight is 236 g/mol. The normalized spacial score (nSPS) is 10.4. The molecule has 0 saturated carbocycles. The van der Waals surface area contributed by atoms with Crippen molar-refractivity contribution in [2.45, 2.75) is 27.2 Å². The van der Waals surface area contributed by atoms with Crippen LogP contribution in [0.25, 0.3) is 0 Å². The predicted molar refractivity (Wildman–Crippen MR) is 68.6 cm³/mol. The summed E-state index contributed by atoms with van der Waals surface area (Å²) >= 11 is 0. The number of anilines is 1. The Morgan fingerprint density at radius 2 is 2.24 bits per heavy atom. The first-order valence-electron chi connectivity index (χ1n) is 5.76. The molecule has 1 heterocycles. The Hall–Kier alpha value is -1.62. The SMILES string of the molecule is Cc1cc(NN)c(C(=O)NCCC(C)C)cn1. The molecule has 0 spiro atoms. The van der Waals surface area contributed by atoms with E-state index in [9.17, 15) is 4.79 Å². The van der Waals surface area contributed by atoms with Crippen molar-refractivity contribution in [1.29, 1.82) is 0 Å². The molecule has 0 aliphatic rings. The number of aryl methyl sites for hydroxylation is 1. The molecule has 0 aliphatic heterocycles.